The number of piperazine rings is 1. The number of hydrogen-bond acceptors (Lipinski definition) is 7. The molecule has 0 atom stereocenters. The summed E-state index contributed by atoms with van der Waals surface area (Å²) >= 11 is 1.66. The Morgan fingerprint density at radius 3 is 2.70 bits per heavy atom. The highest BCUT2D eigenvalue weighted by Crippen LogP contribution is 2.45. The minimum absolute atomic E-state index is 0.608. The number of nitrogens with one attached hydrogen (secondary N) is 2. The minimum Gasteiger partial charge on any atom is -0.369 e. The van der Waals surface area contributed by atoms with Crippen LogP contribution in [0.1, 0.15) is 0 Å². The Bertz CT molecular complexity index is 1050. The van der Waals surface area contributed by atoms with E-state index in [-0.39, 0.29) is 0 Å². The molecule has 2 aliphatic heterocycles. The number of nitrogens with zero attached hydrogens (tertiary/aromatic N) is 4. The van der Waals surface area contributed by atoms with Crippen LogP contribution in [0.25, 0.3) is 11.3 Å². The van der Waals surface area contributed by atoms with E-state index >= 15 is 0 Å². The van der Waals surface area contributed by atoms with Gasteiger partial charge in [0, 0.05) is 55.9 Å². The maximum atomic E-state index is 4.84. The van der Waals surface area contributed by atoms with Gasteiger partial charge in [-0.05, 0) is 42.3 Å². The van der Waals surface area contributed by atoms with Crippen molar-refractivity contribution >= 4 is 35.0 Å². The first-order valence-corrected chi connectivity index (χ1v) is 10.9. The normalized spacial score (nSPS) is 15.3. The Kier molecular flexibility index (Phi) is 5.29. The van der Waals surface area contributed by atoms with Crippen molar-refractivity contribution in [1.29, 1.82) is 0 Å². The van der Waals surface area contributed by atoms with Gasteiger partial charge >= 0.3 is 0 Å². The molecule has 2 N–H and O–H groups in total. The fourth-order valence-electron chi connectivity index (χ4n) is 3.81. The monoisotopic (exact) mass is 416 g/mol. The van der Waals surface area contributed by atoms with Crippen molar-refractivity contribution in [3.05, 3.63) is 67.4 Å². The molecular weight excluding hydrogens is 392 g/mol. The molecule has 7 heteroatoms. The lowest BCUT2D eigenvalue weighted by molar-refractivity contribution is 0.589. The van der Waals surface area contributed by atoms with Crippen LogP contribution < -0.4 is 19.8 Å². The molecule has 0 aliphatic carbocycles. The Labute approximate surface area is 181 Å². The lowest BCUT2D eigenvalue weighted by Gasteiger charge is -2.30. The molecule has 3 heterocycles. The summed E-state index contributed by atoms with van der Waals surface area (Å²) in [6.45, 7) is 8.80. The lowest BCUT2D eigenvalue weighted by atomic mass is 10.1. The molecule has 0 saturated carbocycles. The van der Waals surface area contributed by atoms with E-state index < -0.39 is 0 Å². The van der Waals surface area contributed by atoms with Crippen molar-refractivity contribution in [3.8, 4) is 11.3 Å². The standard InChI is InChI=1S/C23H24N6S/c1-2-13-29-20-6-4-3-5-19(20)22-21(30-29)16-25-23(27-22)26-17-7-9-18(10-8-17)28-14-11-24-12-15-28/h2-10,16,24H,1,11-15H2,(H,25,26,27). The number of benzene rings is 2. The van der Waals surface area contributed by atoms with Crippen molar-refractivity contribution in [3.63, 3.8) is 0 Å². The van der Waals surface area contributed by atoms with Gasteiger partial charge in [-0.25, -0.2) is 9.97 Å². The van der Waals surface area contributed by atoms with Crippen LogP contribution in [0.2, 0.25) is 0 Å². The molecule has 0 unspecified atom stereocenters. The highest BCUT2D eigenvalue weighted by Gasteiger charge is 2.24. The second kappa shape index (κ2) is 8.38. The Morgan fingerprint density at radius 1 is 1.10 bits per heavy atom. The molecule has 2 aliphatic rings. The fraction of sp³-hybridized carbons (Fsp3) is 0.217. The van der Waals surface area contributed by atoms with Crippen molar-refractivity contribution in [2.75, 3.05) is 47.2 Å². The van der Waals surface area contributed by atoms with E-state index in [1.165, 1.54) is 5.69 Å². The zero-order chi connectivity index (χ0) is 20.3. The summed E-state index contributed by atoms with van der Waals surface area (Å²) in [4.78, 5) is 12.8. The fourth-order valence-corrected chi connectivity index (χ4v) is 4.83. The summed E-state index contributed by atoms with van der Waals surface area (Å²) in [7, 11) is 0. The van der Waals surface area contributed by atoms with Gasteiger partial charge in [0.25, 0.3) is 0 Å². The number of fused-ring (bicyclic) bond motifs is 3. The summed E-state index contributed by atoms with van der Waals surface area (Å²) in [5.41, 5.74) is 5.47. The Balaban J connectivity index is 1.38. The first-order valence-electron chi connectivity index (χ1n) is 10.2. The zero-order valence-electron chi connectivity index (χ0n) is 16.7. The van der Waals surface area contributed by atoms with E-state index in [1.54, 1.807) is 11.9 Å². The summed E-state index contributed by atoms with van der Waals surface area (Å²) < 4.78 is 2.22. The van der Waals surface area contributed by atoms with Gasteiger partial charge in [-0.1, -0.05) is 24.3 Å². The minimum atomic E-state index is 0.608. The highest BCUT2D eigenvalue weighted by molar-refractivity contribution is 8.00. The van der Waals surface area contributed by atoms with Crippen LogP contribution in [0.5, 0.6) is 0 Å². The lowest BCUT2D eigenvalue weighted by Crippen LogP contribution is -2.43. The molecule has 3 aromatic rings. The largest absolute Gasteiger partial charge is 0.369 e. The number of aromatic nitrogens is 2. The maximum absolute atomic E-state index is 4.84. The molecule has 30 heavy (non-hydrogen) atoms. The third-order valence-electron chi connectivity index (χ3n) is 5.29. The van der Waals surface area contributed by atoms with Gasteiger partial charge < -0.3 is 19.8 Å². The van der Waals surface area contributed by atoms with Crippen LogP contribution in [-0.4, -0.2) is 42.7 Å². The highest BCUT2D eigenvalue weighted by atomic mass is 32.2. The van der Waals surface area contributed by atoms with Crippen LogP contribution in [0.4, 0.5) is 23.0 Å². The second-order valence-electron chi connectivity index (χ2n) is 7.27. The average Bonchev–Trinajstić information content (AvgIpc) is 2.81. The molecule has 0 bridgehead atoms. The van der Waals surface area contributed by atoms with Crippen LogP contribution >= 0.6 is 11.9 Å². The molecule has 152 valence electrons. The van der Waals surface area contributed by atoms with Gasteiger partial charge in [0.15, 0.2) is 0 Å². The average molecular weight is 417 g/mol. The van der Waals surface area contributed by atoms with Gasteiger partial charge in [-0.15, -0.1) is 6.58 Å². The van der Waals surface area contributed by atoms with E-state index in [0.717, 1.165) is 60.3 Å². The van der Waals surface area contributed by atoms with Gasteiger partial charge in [0.2, 0.25) is 5.95 Å². The van der Waals surface area contributed by atoms with Crippen molar-refractivity contribution in [1.82, 2.24) is 15.3 Å². The van der Waals surface area contributed by atoms with Crippen molar-refractivity contribution < 1.29 is 0 Å². The quantitative estimate of drug-likeness (QED) is 0.475. The summed E-state index contributed by atoms with van der Waals surface area (Å²) in [5, 5.41) is 6.75. The summed E-state index contributed by atoms with van der Waals surface area (Å²) in [6.07, 6.45) is 3.81. The second-order valence-corrected chi connectivity index (χ2v) is 8.34. The molecule has 0 amide bonds. The predicted octanol–water partition coefficient (Wildman–Crippen LogP) is 4.31. The van der Waals surface area contributed by atoms with E-state index in [0.29, 0.717) is 5.95 Å². The van der Waals surface area contributed by atoms with E-state index in [1.807, 2.05) is 12.3 Å². The van der Waals surface area contributed by atoms with Crippen LogP contribution in [0, 0.1) is 0 Å². The first-order chi connectivity index (χ1) is 14.8. The van der Waals surface area contributed by atoms with E-state index in [9.17, 15) is 0 Å². The smallest absolute Gasteiger partial charge is 0.227 e. The molecule has 1 saturated heterocycles. The number of hydrogen-bond donors (Lipinski definition) is 2. The Hall–Kier alpha value is -3.03. The molecule has 2 aromatic carbocycles. The maximum Gasteiger partial charge on any atom is 0.227 e. The topological polar surface area (TPSA) is 56.3 Å². The molecule has 0 spiro atoms. The SMILES string of the molecule is C=CCN1Sc2cnc(Nc3ccc(N4CCNCC4)cc3)nc2-c2ccccc21. The molecular formula is C23H24N6S. The van der Waals surface area contributed by atoms with Gasteiger partial charge in [0.05, 0.1) is 16.3 Å². The first kappa shape index (κ1) is 19.0. The molecule has 5 rings (SSSR count). The van der Waals surface area contributed by atoms with Crippen molar-refractivity contribution in [2.45, 2.75) is 4.90 Å². The third kappa shape index (κ3) is 3.74. The Morgan fingerprint density at radius 2 is 1.90 bits per heavy atom. The zero-order valence-corrected chi connectivity index (χ0v) is 17.5. The van der Waals surface area contributed by atoms with Crippen molar-refractivity contribution in [2.24, 2.45) is 0 Å². The van der Waals surface area contributed by atoms with Gasteiger partial charge in [-0.3, -0.25) is 0 Å². The molecule has 1 aromatic heterocycles. The number of rotatable bonds is 5. The third-order valence-corrected chi connectivity index (χ3v) is 6.35. The molecule has 1 fully saturated rings. The van der Waals surface area contributed by atoms with Crippen LogP contribution in [-0.2, 0) is 0 Å². The van der Waals surface area contributed by atoms with Gasteiger partial charge in [-0.2, -0.15) is 0 Å². The number of para-hydroxylation sites is 1. The van der Waals surface area contributed by atoms with Crippen LogP contribution in [0.3, 0.4) is 0 Å². The van der Waals surface area contributed by atoms with Gasteiger partial charge in [0.1, 0.15) is 0 Å². The predicted molar refractivity (Wildman–Crippen MR) is 126 cm³/mol. The molecule has 0 radical (unpaired) electrons. The van der Waals surface area contributed by atoms with E-state index in [4.69, 9.17) is 4.98 Å². The summed E-state index contributed by atoms with van der Waals surface area (Å²) in [5.74, 6) is 0.608. The number of anilines is 4. The molecule has 6 nitrogen and oxygen atoms in total. The van der Waals surface area contributed by atoms with Crippen LogP contribution in [0.15, 0.2) is 72.3 Å². The van der Waals surface area contributed by atoms with E-state index in [2.05, 4.69) is 79.9 Å². The summed E-state index contributed by atoms with van der Waals surface area (Å²) in [6, 6.07) is 16.8.